The molecule has 0 unspecified atom stereocenters. The number of carbonyl (C=O) groups is 1. The minimum atomic E-state index is 0.240. The van der Waals surface area contributed by atoms with Crippen molar-refractivity contribution in [3.05, 3.63) is 34.1 Å². The van der Waals surface area contributed by atoms with Crippen molar-refractivity contribution in [1.29, 1.82) is 0 Å². The molecule has 1 heterocycles. The lowest BCUT2D eigenvalue weighted by molar-refractivity contribution is -0.104. The predicted molar refractivity (Wildman–Crippen MR) is 49.4 cm³/mol. The zero-order valence-corrected chi connectivity index (χ0v) is 7.51. The second kappa shape index (κ2) is 4.24. The first-order chi connectivity index (χ1) is 5.75. The van der Waals surface area contributed by atoms with E-state index in [1.54, 1.807) is 12.1 Å². The Morgan fingerprint density at radius 2 is 2.17 bits per heavy atom. The molecule has 4 heteroatoms. The van der Waals surface area contributed by atoms with E-state index in [1.807, 2.05) is 0 Å². The highest BCUT2D eigenvalue weighted by atomic mass is 35.5. The summed E-state index contributed by atoms with van der Waals surface area (Å²) >= 11 is 11.4. The molecule has 0 aromatic carbocycles. The molecule has 12 heavy (non-hydrogen) atoms. The molecule has 0 amide bonds. The molecule has 0 spiro atoms. The molecule has 1 rings (SSSR count). The number of nitrogens with zero attached hydrogens (tertiary/aromatic N) is 1. The van der Waals surface area contributed by atoms with E-state index in [9.17, 15) is 4.79 Å². The third-order valence-electron chi connectivity index (χ3n) is 1.23. The monoisotopic (exact) mass is 201 g/mol. The summed E-state index contributed by atoms with van der Waals surface area (Å²) in [6, 6.07) is 1.67. The second-order valence-electron chi connectivity index (χ2n) is 2.00. The Balaban J connectivity index is 3.07. The normalized spacial score (nSPS) is 10.5. The third kappa shape index (κ3) is 2.06. The molecule has 2 nitrogen and oxygen atoms in total. The first-order valence-corrected chi connectivity index (χ1v) is 3.93. The summed E-state index contributed by atoms with van der Waals surface area (Å²) in [5.41, 5.74) is 0.684. The summed E-state index contributed by atoms with van der Waals surface area (Å²) in [5.74, 6) is 0. The average molecular weight is 202 g/mol. The molecule has 0 fully saturated rings. The summed E-state index contributed by atoms with van der Waals surface area (Å²) < 4.78 is 0. The number of aromatic nitrogens is 1. The van der Waals surface area contributed by atoms with Crippen LogP contribution in [0.3, 0.4) is 0 Å². The van der Waals surface area contributed by atoms with Gasteiger partial charge in [-0.2, -0.15) is 0 Å². The fraction of sp³-hybridized carbons (Fsp3) is 0. The highest BCUT2D eigenvalue weighted by Gasteiger charge is 2.00. The molecule has 0 bridgehead atoms. The van der Waals surface area contributed by atoms with Gasteiger partial charge in [-0.05, 0) is 17.7 Å². The van der Waals surface area contributed by atoms with Gasteiger partial charge in [-0.25, -0.2) is 4.98 Å². The first-order valence-electron chi connectivity index (χ1n) is 3.17. The highest BCUT2D eigenvalue weighted by Crippen LogP contribution is 2.23. The number of hydrogen-bond acceptors (Lipinski definition) is 2. The lowest BCUT2D eigenvalue weighted by Gasteiger charge is -1.97. The standard InChI is InChI=1S/C8H5Cl2NO/c9-7-6(2-1-5-12)3-4-11-8(7)10/h1-5H. The zero-order valence-electron chi connectivity index (χ0n) is 6.00. The topological polar surface area (TPSA) is 30.0 Å². The van der Waals surface area contributed by atoms with Crippen molar-refractivity contribution in [2.75, 3.05) is 0 Å². The number of halogens is 2. The number of aldehydes is 1. The Bertz CT molecular complexity index is 323. The maximum absolute atomic E-state index is 10.00. The van der Waals surface area contributed by atoms with Gasteiger partial charge in [-0.15, -0.1) is 0 Å². The highest BCUT2D eigenvalue weighted by molar-refractivity contribution is 6.42. The minimum absolute atomic E-state index is 0.240. The van der Waals surface area contributed by atoms with Crippen LogP contribution in [0.4, 0.5) is 0 Å². The van der Waals surface area contributed by atoms with E-state index in [-0.39, 0.29) is 5.15 Å². The van der Waals surface area contributed by atoms with E-state index in [1.165, 1.54) is 12.3 Å². The Kier molecular flexibility index (Phi) is 3.26. The van der Waals surface area contributed by atoms with E-state index < -0.39 is 0 Å². The van der Waals surface area contributed by atoms with E-state index in [0.717, 1.165) is 0 Å². The van der Waals surface area contributed by atoms with Crippen molar-refractivity contribution in [3.63, 3.8) is 0 Å². The summed E-state index contributed by atoms with van der Waals surface area (Å²) in [6.07, 6.45) is 5.11. The van der Waals surface area contributed by atoms with Gasteiger partial charge in [0.25, 0.3) is 0 Å². The lowest BCUT2D eigenvalue weighted by Crippen LogP contribution is -1.80. The number of pyridine rings is 1. The summed E-state index contributed by atoms with van der Waals surface area (Å²) in [7, 11) is 0. The van der Waals surface area contributed by atoms with Gasteiger partial charge in [0.1, 0.15) is 11.4 Å². The maximum atomic E-state index is 10.00. The van der Waals surface area contributed by atoms with Crippen molar-refractivity contribution < 1.29 is 4.79 Å². The molecule has 62 valence electrons. The smallest absolute Gasteiger partial charge is 0.148 e. The Morgan fingerprint density at radius 3 is 2.83 bits per heavy atom. The minimum Gasteiger partial charge on any atom is -0.299 e. The summed E-state index contributed by atoms with van der Waals surface area (Å²) in [4.78, 5) is 13.8. The van der Waals surface area contributed by atoms with E-state index in [2.05, 4.69) is 4.98 Å². The number of carbonyl (C=O) groups excluding carboxylic acids is 1. The van der Waals surface area contributed by atoms with Crippen molar-refractivity contribution in [3.8, 4) is 0 Å². The van der Waals surface area contributed by atoms with Crippen LogP contribution in [0.2, 0.25) is 10.2 Å². The van der Waals surface area contributed by atoms with Crippen LogP contribution in [0.1, 0.15) is 5.56 Å². The molecule has 0 saturated carbocycles. The maximum Gasteiger partial charge on any atom is 0.148 e. The molecule has 0 N–H and O–H groups in total. The second-order valence-corrected chi connectivity index (χ2v) is 2.74. The van der Waals surface area contributed by atoms with Gasteiger partial charge in [-0.1, -0.05) is 29.3 Å². The van der Waals surface area contributed by atoms with Crippen LogP contribution in [0.5, 0.6) is 0 Å². The van der Waals surface area contributed by atoms with Crippen LogP contribution in [0.15, 0.2) is 18.3 Å². The molecular formula is C8H5Cl2NO. The quantitative estimate of drug-likeness (QED) is 0.419. The lowest BCUT2D eigenvalue weighted by atomic mass is 10.2. The SMILES string of the molecule is O=CC=Cc1ccnc(Cl)c1Cl. The molecule has 0 aliphatic rings. The molecule has 0 radical (unpaired) electrons. The van der Waals surface area contributed by atoms with Gasteiger partial charge in [0.15, 0.2) is 0 Å². The van der Waals surface area contributed by atoms with Crippen LogP contribution >= 0.6 is 23.2 Å². The van der Waals surface area contributed by atoms with Gasteiger partial charge in [0.05, 0.1) is 5.02 Å². The third-order valence-corrected chi connectivity index (χ3v) is 2.01. The van der Waals surface area contributed by atoms with Gasteiger partial charge < -0.3 is 0 Å². The molecular weight excluding hydrogens is 197 g/mol. The Labute approximate surface area is 79.8 Å². The summed E-state index contributed by atoms with van der Waals surface area (Å²) in [6.45, 7) is 0. The molecule has 0 aliphatic carbocycles. The van der Waals surface area contributed by atoms with E-state index in [0.29, 0.717) is 16.9 Å². The van der Waals surface area contributed by atoms with Gasteiger partial charge in [-0.3, -0.25) is 4.79 Å². The predicted octanol–water partition coefficient (Wildman–Crippen LogP) is 2.60. The van der Waals surface area contributed by atoms with Crippen LogP contribution < -0.4 is 0 Å². The van der Waals surface area contributed by atoms with Gasteiger partial charge >= 0.3 is 0 Å². The number of allylic oxidation sites excluding steroid dienone is 1. The molecule has 0 aliphatic heterocycles. The molecule has 1 aromatic rings. The largest absolute Gasteiger partial charge is 0.299 e. The molecule has 1 aromatic heterocycles. The van der Waals surface area contributed by atoms with Gasteiger partial charge in [0.2, 0.25) is 0 Å². The van der Waals surface area contributed by atoms with Gasteiger partial charge in [0, 0.05) is 6.20 Å². The van der Waals surface area contributed by atoms with Crippen LogP contribution in [0, 0.1) is 0 Å². The van der Waals surface area contributed by atoms with Crippen LogP contribution in [0.25, 0.3) is 6.08 Å². The first kappa shape index (κ1) is 9.23. The van der Waals surface area contributed by atoms with Crippen molar-refractivity contribution in [1.82, 2.24) is 4.98 Å². The van der Waals surface area contributed by atoms with E-state index >= 15 is 0 Å². The van der Waals surface area contributed by atoms with Crippen molar-refractivity contribution >= 4 is 35.6 Å². The molecule has 0 atom stereocenters. The Hall–Kier alpha value is -0.860. The number of rotatable bonds is 2. The van der Waals surface area contributed by atoms with Crippen molar-refractivity contribution in [2.45, 2.75) is 0 Å². The van der Waals surface area contributed by atoms with Crippen molar-refractivity contribution in [2.24, 2.45) is 0 Å². The Morgan fingerprint density at radius 1 is 1.42 bits per heavy atom. The van der Waals surface area contributed by atoms with Crippen LogP contribution in [-0.2, 0) is 4.79 Å². The summed E-state index contributed by atoms with van der Waals surface area (Å²) in [5, 5.41) is 0.599. The average Bonchev–Trinajstić information content (AvgIpc) is 2.08. The number of hydrogen-bond donors (Lipinski definition) is 0. The molecule has 0 saturated heterocycles. The van der Waals surface area contributed by atoms with Crippen LogP contribution in [-0.4, -0.2) is 11.3 Å². The zero-order chi connectivity index (χ0) is 8.97. The van der Waals surface area contributed by atoms with E-state index in [4.69, 9.17) is 23.2 Å². The fourth-order valence-electron chi connectivity index (χ4n) is 0.704. The fourth-order valence-corrected chi connectivity index (χ4v) is 1.04.